The van der Waals surface area contributed by atoms with Gasteiger partial charge in [0.15, 0.2) is 0 Å². The van der Waals surface area contributed by atoms with Crippen molar-refractivity contribution in [1.82, 2.24) is 0 Å². The Morgan fingerprint density at radius 3 is 2.61 bits per heavy atom. The van der Waals surface area contributed by atoms with Crippen LogP contribution in [-0.4, -0.2) is 29.6 Å². The molecule has 0 saturated carbocycles. The molecule has 1 aliphatic rings. The van der Waals surface area contributed by atoms with Gasteiger partial charge in [-0.3, -0.25) is 4.79 Å². The lowest BCUT2D eigenvalue weighted by Gasteiger charge is -2.45. The van der Waals surface area contributed by atoms with Crippen LogP contribution in [0.25, 0.3) is 6.08 Å². The number of carbonyl (C=O) groups is 1. The van der Waals surface area contributed by atoms with Crippen molar-refractivity contribution in [2.24, 2.45) is 11.8 Å². The van der Waals surface area contributed by atoms with E-state index in [1.165, 1.54) is 38.4 Å². The van der Waals surface area contributed by atoms with Crippen molar-refractivity contribution in [3.05, 3.63) is 42.0 Å². The Hall–Kier alpha value is -1.69. The Balaban J connectivity index is 1.61. The lowest BCUT2D eigenvalue weighted by atomic mass is 9.79. The molecular weight excluding hydrogens is 392 g/mol. The molecule has 0 amide bonds. The van der Waals surface area contributed by atoms with Gasteiger partial charge in [-0.15, -0.1) is 0 Å². The van der Waals surface area contributed by atoms with Gasteiger partial charge in [-0.05, 0) is 44.1 Å². The van der Waals surface area contributed by atoms with E-state index in [9.17, 15) is 9.90 Å². The largest absolute Gasteiger partial charge is 0.469 e. The zero-order chi connectivity index (χ0) is 22.7. The Morgan fingerprint density at radius 2 is 1.94 bits per heavy atom. The molecule has 0 spiro atoms. The number of methoxy groups -OCH3 is 1. The van der Waals surface area contributed by atoms with E-state index in [-0.39, 0.29) is 12.3 Å². The molecule has 4 atom stereocenters. The number of esters is 1. The van der Waals surface area contributed by atoms with E-state index < -0.39 is 17.4 Å². The Morgan fingerprint density at radius 1 is 1.23 bits per heavy atom. The number of unbranched alkanes of at least 4 members (excludes halogenated alkanes) is 4. The molecule has 1 saturated heterocycles. The number of ether oxygens (including phenoxy) is 1. The van der Waals surface area contributed by atoms with E-state index in [4.69, 9.17) is 9.78 Å². The number of carbonyl (C=O) groups excluding carboxylic acids is 1. The summed E-state index contributed by atoms with van der Waals surface area (Å²) >= 11 is 0. The van der Waals surface area contributed by atoms with Crippen LogP contribution >= 0.6 is 0 Å². The number of benzene rings is 1. The molecule has 174 valence electrons. The second-order valence-electron chi connectivity index (χ2n) is 9.43. The summed E-state index contributed by atoms with van der Waals surface area (Å²) in [5.74, 6) is -1.84. The number of allylic oxidation sites excluding steroid dienone is 1. The smallest absolute Gasteiger partial charge is 0.311 e. The van der Waals surface area contributed by atoms with Crippen molar-refractivity contribution in [3.8, 4) is 0 Å². The number of hydrogen-bond donors (Lipinski definition) is 1. The van der Waals surface area contributed by atoms with Gasteiger partial charge in [0.05, 0.1) is 7.11 Å². The Kier molecular flexibility index (Phi) is 10.2. The van der Waals surface area contributed by atoms with Crippen molar-refractivity contribution < 1.29 is 24.4 Å². The maximum atomic E-state index is 11.5. The average Bonchev–Trinajstić information content (AvgIpc) is 2.74. The molecule has 1 aromatic rings. The topological polar surface area (TPSA) is 65.0 Å². The van der Waals surface area contributed by atoms with E-state index in [1.807, 2.05) is 19.9 Å². The normalized spacial score (nSPS) is 27.3. The molecule has 1 aliphatic heterocycles. The van der Waals surface area contributed by atoms with Crippen LogP contribution in [0.4, 0.5) is 0 Å². The number of aliphatic hydroxyl groups is 1. The predicted octanol–water partition coefficient (Wildman–Crippen LogP) is 6.07. The molecule has 1 aromatic carbocycles. The van der Waals surface area contributed by atoms with E-state index in [2.05, 4.69) is 48.1 Å². The summed E-state index contributed by atoms with van der Waals surface area (Å²) in [7, 11) is 1.30. The Labute approximate surface area is 187 Å². The third-order valence-corrected chi connectivity index (χ3v) is 6.23. The van der Waals surface area contributed by atoms with Crippen LogP contribution in [0.5, 0.6) is 0 Å². The van der Waals surface area contributed by atoms with Crippen LogP contribution in [0.1, 0.15) is 84.1 Å². The van der Waals surface area contributed by atoms with E-state index in [0.29, 0.717) is 12.3 Å². The van der Waals surface area contributed by atoms with Gasteiger partial charge >= 0.3 is 5.97 Å². The van der Waals surface area contributed by atoms with Crippen molar-refractivity contribution in [1.29, 1.82) is 0 Å². The molecule has 0 radical (unpaired) electrons. The minimum atomic E-state index is -1.62. The maximum Gasteiger partial charge on any atom is 0.311 e. The summed E-state index contributed by atoms with van der Waals surface area (Å²) in [6.45, 7) is 6.16. The SMILES string of the molecule is COC(=O)CC1(O)OOC(C)(CC(C)CCCCCCC=Cc2ccccc2)CC1C. The van der Waals surface area contributed by atoms with E-state index in [1.54, 1.807) is 0 Å². The highest BCUT2D eigenvalue weighted by Gasteiger charge is 2.49. The predicted molar refractivity (Wildman–Crippen MR) is 123 cm³/mol. The van der Waals surface area contributed by atoms with Crippen molar-refractivity contribution in [2.45, 2.75) is 89.9 Å². The first-order valence-corrected chi connectivity index (χ1v) is 11.6. The Bertz CT molecular complexity index is 688. The molecule has 0 aromatic heterocycles. The second-order valence-corrected chi connectivity index (χ2v) is 9.43. The molecule has 0 aliphatic carbocycles. The first-order valence-electron chi connectivity index (χ1n) is 11.6. The van der Waals surface area contributed by atoms with Gasteiger partial charge in [-0.2, -0.15) is 4.89 Å². The lowest BCUT2D eigenvalue weighted by molar-refractivity contribution is -0.497. The van der Waals surface area contributed by atoms with Crippen LogP contribution < -0.4 is 0 Å². The van der Waals surface area contributed by atoms with Crippen molar-refractivity contribution in [2.75, 3.05) is 7.11 Å². The minimum Gasteiger partial charge on any atom is -0.469 e. The summed E-state index contributed by atoms with van der Waals surface area (Å²) in [6.07, 6.45) is 12.9. The van der Waals surface area contributed by atoms with Gasteiger partial charge in [0.2, 0.25) is 5.79 Å². The zero-order valence-corrected chi connectivity index (χ0v) is 19.6. The highest BCUT2D eigenvalue weighted by atomic mass is 17.2. The van der Waals surface area contributed by atoms with Crippen molar-refractivity contribution in [3.63, 3.8) is 0 Å². The van der Waals surface area contributed by atoms with Gasteiger partial charge in [0, 0.05) is 5.92 Å². The maximum absolute atomic E-state index is 11.5. The van der Waals surface area contributed by atoms with Crippen LogP contribution in [0, 0.1) is 11.8 Å². The van der Waals surface area contributed by atoms with E-state index in [0.717, 1.165) is 19.3 Å². The van der Waals surface area contributed by atoms with Crippen LogP contribution in [0.15, 0.2) is 36.4 Å². The van der Waals surface area contributed by atoms with Gasteiger partial charge < -0.3 is 9.84 Å². The number of hydrogen-bond acceptors (Lipinski definition) is 5. The molecule has 0 bridgehead atoms. The fraction of sp³-hybridized carbons (Fsp3) is 0.654. The van der Waals surface area contributed by atoms with E-state index >= 15 is 0 Å². The summed E-state index contributed by atoms with van der Waals surface area (Å²) < 4.78 is 4.65. The molecular formula is C26H40O5. The third-order valence-electron chi connectivity index (χ3n) is 6.23. The molecule has 4 unspecified atom stereocenters. The molecule has 1 N–H and O–H groups in total. The fourth-order valence-corrected chi connectivity index (χ4v) is 4.43. The fourth-order valence-electron chi connectivity index (χ4n) is 4.43. The molecule has 1 fully saturated rings. The minimum absolute atomic E-state index is 0.221. The van der Waals surface area contributed by atoms with Gasteiger partial charge in [0.1, 0.15) is 12.0 Å². The van der Waals surface area contributed by atoms with Gasteiger partial charge in [-0.25, -0.2) is 4.89 Å². The quantitative estimate of drug-likeness (QED) is 0.247. The first kappa shape index (κ1) is 25.6. The summed E-state index contributed by atoms with van der Waals surface area (Å²) in [4.78, 5) is 22.5. The van der Waals surface area contributed by atoms with Crippen molar-refractivity contribution >= 4 is 12.0 Å². The summed E-state index contributed by atoms with van der Waals surface area (Å²) in [5.41, 5.74) is 0.806. The second kappa shape index (κ2) is 12.4. The van der Waals surface area contributed by atoms with Crippen LogP contribution in [-0.2, 0) is 19.3 Å². The molecule has 5 heteroatoms. The van der Waals surface area contributed by atoms with Gasteiger partial charge in [0.25, 0.3) is 0 Å². The van der Waals surface area contributed by atoms with Crippen LogP contribution in [0.3, 0.4) is 0 Å². The standard InChI is InChI=1S/C26H40O5/c1-21(14-10-7-5-6-8-11-15-23-16-12-9-13-17-23)18-25(3)19-22(2)26(28,31-30-25)20-24(27)29-4/h9,11-13,15-17,21-22,28H,5-8,10,14,18-20H2,1-4H3. The first-order chi connectivity index (χ1) is 14.8. The zero-order valence-electron chi connectivity index (χ0n) is 19.6. The monoisotopic (exact) mass is 432 g/mol. The highest BCUT2D eigenvalue weighted by molar-refractivity contribution is 5.70. The van der Waals surface area contributed by atoms with Gasteiger partial charge in [-0.1, -0.05) is 82.0 Å². The molecule has 5 nitrogen and oxygen atoms in total. The summed E-state index contributed by atoms with van der Waals surface area (Å²) in [5, 5.41) is 10.6. The lowest BCUT2D eigenvalue weighted by Crippen LogP contribution is -2.52. The number of rotatable bonds is 12. The molecule has 2 rings (SSSR count). The average molecular weight is 433 g/mol. The molecule has 1 heterocycles. The third kappa shape index (κ3) is 8.76. The van der Waals surface area contributed by atoms with Crippen LogP contribution in [0.2, 0.25) is 0 Å². The molecule has 31 heavy (non-hydrogen) atoms. The highest BCUT2D eigenvalue weighted by Crippen LogP contribution is 2.41. The summed E-state index contributed by atoms with van der Waals surface area (Å²) in [6, 6.07) is 10.4.